The number of anilines is 1. The molecule has 1 amide bonds. The third kappa shape index (κ3) is 5.77. The fraction of sp³-hybridized carbons (Fsp3) is 0.174. The van der Waals surface area contributed by atoms with E-state index in [-0.39, 0.29) is 29.8 Å². The van der Waals surface area contributed by atoms with E-state index >= 15 is 0 Å². The number of carbonyl (C=O) groups is 1. The van der Waals surface area contributed by atoms with Gasteiger partial charge in [-0.2, -0.15) is 0 Å². The number of amides is 1. The van der Waals surface area contributed by atoms with Crippen LogP contribution >= 0.6 is 22.9 Å². The molecule has 2 aromatic carbocycles. The maximum absolute atomic E-state index is 13.2. The van der Waals surface area contributed by atoms with Crippen molar-refractivity contribution in [2.45, 2.75) is 10.8 Å². The summed E-state index contributed by atoms with van der Waals surface area (Å²) >= 11 is 7.00. The van der Waals surface area contributed by atoms with Gasteiger partial charge in [0.05, 0.1) is 18.8 Å². The average Bonchev–Trinajstić information content (AvgIpc) is 3.33. The van der Waals surface area contributed by atoms with Crippen molar-refractivity contribution in [3.8, 4) is 0 Å². The predicted octanol–water partition coefficient (Wildman–Crippen LogP) is 4.26. The van der Waals surface area contributed by atoms with Crippen molar-refractivity contribution in [1.82, 2.24) is 4.90 Å². The van der Waals surface area contributed by atoms with Crippen molar-refractivity contribution in [3.05, 3.63) is 88.3 Å². The lowest BCUT2D eigenvalue weighted by molar-refractivity contribution is -0.125. The number of hydrogen-bond donors (Lipinski definition) is 1. The van der Waals surface area contributed by atoms with Gasteiger partial charge in [0.2, 0.25) is 5.91 Å². The monoisotopic (exact) mass is 490 g/mol. The fourth-order valence-electron chi connectivity index (χ4n) is 3.07. The van der Waals surface area contributed by atoms with Gasteiger partial charge in [0.15, 0.2) is 0 Å². The number of nitrogens with zero attached hydrogens (tertiary/aromatic N) is 2. The summed E-state index contributed by atoms with van der Waals surface area (Å²) in [4.78, 5) is 14.1. The molecule has 0 unspecified atom stereocenters. The van der Waals surface area contributed by atoms with Crippen molar-refractivity contribution in [1.29, 1.82) is 0 Å². The second-order valence-electron chi connectivity index (χ2n) is 6.94. The molecule has 1 aromatic heterocycles. The van der Waals surface area contributed by atoms with Crippen molar-refractivity contribution in [2.24, 2.45) is 0 Å². The van der Waals surface area contributed by atoms with Crippen LogP contribution in [0.5, 0.6) is 0 Å². The van der Waals surface area contributed by atoms with Crippen LogP contribution in [0.1, 0.15) is 11.1 Å². The molecule has 1 N–H and O–H groups in total. The van der Waals surface area contributed by atoms with Gasteiger partial charge in [0.1, 0.15) is 4.21 Å². The minimum atomic E-state index is -3.84. The first-order valence-corrected chi connectivity index (χ1v) is 12.5. The molecule has 168 valence electrons. The molecule has 6 nitrogen and oxygen atoms in total. The molecular formula is C23H23ClN2O4S2. The molecular weight excluding hydrogens is 468 g/mol. The number of hydrogen-bond acceptors (Lipinski definition) is 5. The molecule has 3 rings (SSSR count). The Kier molecular flexibility index (Phi) is 8.09. The Bertz CT molecular complexity index is 1180. The number of carbonyl (C=O) groups excluding carboxylic acids is 1. The smallest absolute Gasteiger partial charge is 0.273 e. The van der Waals surface area contributed by atoms with E-state index in [1.807, 2.05) is 12.1 Å². The van der Waals surface area contributed by atoms with E-state index in [9.17, 15) is 18.3 Å². The van der Waals surface area contributed by atoms with Gasteiger partial charge in [-0.15, -0.1) is 11.3 Å². The molecule has 0 aliphatic heterocycles. The molecule has 0 aliphatic rings. The second kappa shape index (κ2) is 10.8. The Labute approximate surface area is 197 Å². The number of aliphatic hydroxyl groups excluding tert-OH is 1. The Hall–Kier alpha value is -2.65. The van der Waals surface area contributed by atoms with Crippen molar-refractivity contribution < 1.29 is 18.3 Å². The Morgan fingerprint density at radius 2 is 1.81 bits per heavy atom. The molecule has 0 aliphatic carbocycles. The van der Waals surface area contributed by atoms with Crippen LogP contribution in [-0.4, -0.2) is 44.5 Å². The topological polar surface area (TPSA) is 77.9 Å². The first-order chi connectivity index (χ1) is 15.3. The second-order valence-corrected chi connectivity index (χ2v) is 10.4. The number of para-hydroxylation sites is 1. The van der Waals surface area contributed by atoms with Gasteiger partial charge in [0.25, 0.3) is 10.0 Å². The molecule has 0 fully saturated rings. The van der Waals surface area contributed by atoms with Gasteiger partial charge in [-0.1, -0.05) is 48.0 Å². The number of rotatable bonds is 9. The number of likely N-dealkylation sites (N-methyl/N-ethyl adjacent to an activating group) is 1. The summed E-state index contributed by atoms with van der Waals surface area (Å²) in [6, 6.07) is 17.3. The largest absolute Gasteiger partial charge is 0.394 e. The molecule has 0 atom stereocenters. The van der Waals surface area contributed by atoms with Crippen LogP contribution in [0, 0.1) is 0 Å². The Balaban J connectivity index is 1.83. The first kappa shape index (κ1) is 24.0. The minimum Gasteiger partial charge on any atom is -0.394 e. The van der Waals surface area contributed by atoms with E-state index in [2.05, 4.69) is 0 Å². The average molecular weight is 491 g/mol. The predicted molar refractivity (Wildman–Crippen MR) is 129 cm³/mol. The molecule has 9 heteroatoms. The Morgan fingerprint density at radius 1 is 1.09 bits per heavy atom. The lowest BCUT2D eigenvalue weighted by Crippen LogP contribution is -2.34. The molecule has 0 spiro atoms. The molecule has 32 heavy (non-hydrogen) atoms. The Morgan fingerprint density at radius 3 is 2.47 bits per heavy atom. The molecule has 0 saturated heterocycles. The van der Waals surface area contributed by atoms with Gasteiger partial charge in [-0.05, 0) is 46.8 Å². The van der Waals surface area contributed by atoms with E-state index in [1.165, 1.54) is 21.3 Å². The van der Waals surface area contributed by atoms with E-state index < -0.39 is 10.0 Å². The number of aliphatic hydroxyl groups is 1. The number of benzene rings is 2. The molecule has 3 aromatic rings. The van der Waals surface area contributed by atoms with Gasteiger partial charge in [-0.3, -0.25) is 9.10 Å². The highest BCUT2D eigenvalue weighted by Gasteiger charge is 2.27. The molecule has 0 saturated carbocycles. The van der Waals surface area contributed by atoms with Crippen LogP contribution in [0.2, 0.25) is 5.02 Å². The summed E-state index contributed by atoms with van der Waals surface area (Å²) in [5.74, 6) is -0.232. The normalized spacial score (nSPS) is 11.6. The molecule has 0 bridgehead atoms. The zero-order chi connectivity index (χ0) is 23.1. The third-order valence-corrected chi connectivity index (χ3v) is 8.11. The summed E-state index contributed by atoms with van der Waals surface area (Å²) < 4.78 is 27.7. The SMILES string of the molecule is CN(Cc1ccccc1N(CCO)S(=O)(=O)c1cccs1)C(=O)/C=C/c1ccc(Cl)cc1. The maximum atomic E-state index is 13.2. The quantitative estimate of drug-likeness (QED) is 0.454. The van der Waals surface area contributed by atoms with Crippen LogP contribution in [0.25, 0.3) is 6.08 Å². The fourth-order valence-corrected chi connectivity index (χ4v) is 5.79. The summed E-state index contributed by atoms with van der Waals surface area (Å²) in [6.45, 7) is -0.231. The summed E-state index contributed by atoms with van der Waals surface area (Å²) in [7, 11) is -2.19. The molecule has 0 radical (unpaired) electrons. The zero-order valence-electron chi connectivity index (χ0n) is 17.4. The van der Waals surface area contributed by atoms with Crippen molar-refractivity contribution >= 4 is 50.6 Å². The first-order valence-electron chi connectivity index (χ1n) is 9.76. The summed E-state index contributed by atoms with van der Waals surface area (Å²) in [5.41, 5.74) is 1.92. The lowest BCUT2D eigenvalue weighted by Gasteiger charge is -2.27. The highest BCUT2D eigenvalue weighted by atomic mass is 35.5. The van der Waals surface area contributed by atoms with Gasteiger partial charge in [-0.25, -0.2) is 8.42 Å². The molecule has 1 heterocycles. The van der Waals surface area contributed by atoms with Crippen LogP contribution < -0.4 is 4.31 Å². The van der Waals surface area contributed by atoms with Crippen molar-refractivity contribution in [2.75, 3.05) is 24.5 Å². The number of halogens is 1. The van der Waals surface area contributed by atoms with Crippen LogP contribution in [0.15, 0.2) is 76.3 Å². The number of thiophene rings is 1. The van der Waals surface area contributed by atoms with E-state index in [4.69, 9.17) is 11.6 Å². The lowest BCUT2D eigenvalue weighted by atomic mass is 10.1. The van der Waals surface area contributed by atoms with E-state index in [0.29, 0.717) is 16.3 Å². The summed E-state index contributed by atoms with van der Waals surface area (Å²) in [6.07, 6.45) is 3.15. The van der Waals surface area contributed by atoms with Gasteiger partial charge in [0, 0.05) is 24.7 Å². The van der Waals surface area contributed by atoms with Gasteiger partial charge < -0.3 is 10.0 Å². The standard InChI is InChI=1S/C23H23ClN2O4S2/c1-25(22(28)13-10-18-8-11-20(24)12-9-18)17-19-5-2-3-6-21(19)26(14-15-27)32(29,30)23-7-4-16-31-23/h2-13,16,27H,14-15,17H2,1H3/b13-10+. The minimum absolute atomic E-state index is 0.0919. The third-order valence-electron chi connectivity index (χ3n) is 4.67. The van der Waals surface area contributed by atoms with Crippen LogP contribution in [-0.2, 0) is 21.4 Å². The highest BCUT2D eigenvalue weighted by molar-refractivity contribution is 7.94. The summed E-state index contributed by atoms with van der Waals surface area (Å²) in [5, 5.41) is 11.8. The van der Waals surface area contributed by atoms with Crippen LogP contribution in [0.3, 0.4) is 0 Å². The van der Waals surface area contributed by atoms with Gasteiger partial charge >= 0.3 is 0 Å². The maximum Gasteiger partial charge on any atom is 0.273 e. The van der Waals surface area contributed by atoms with Crippen molar-refractivity contribution in [3.63, 3.8) is 0 Å². The van der Waals surface area contributed by atoms with E-state index in [0.717, 1.165) is 16.9 Å². The number of sulfonamides is 1. The zero-order valence-corrected chi connectivity index (χ0v) is 19.8. The van der Waals surface area contributed by atoms with Crippen LogP contribution in [0.4, 0.5) is 5.69 Å². The van der Waals surface area contributed by atoms with E-state index in [1.54, 1.807) is 61.0 Å². The highest BCUT2D eigenvalue weighted by Crippen LogP contribution is 2.29.